The predicted octanol–water partition coefficient (Wildman–Crippen LogP) is 2.72. The number of rotatable bonds is 11. The Morgan fingerprint density at radius 1 is 0.821 bits per heavy atom. The molecule has 0 aromatic carbocycles. The van der Waals surface area contributed by atoms with Crippen molar-refractivity contribution in [2.24, 2.45) is 0 Å². The van der Waals surface area contributed by atoms with E-state index in [1.54, 1.807) is 0 Å². The highest BCUT2D eigenvalue weighted by molar-refractivity contribution is 5.69. The van der Waals surface area contributed by atoms with Crippen molar-refractivity contribution in [1.29, 1.82) is 0 Å². The van der Waals surface area contributed by atoms with Crippen LogP contribution in [0.15, 0.2) is 0 Å². The predicted molar refractivity (Wildman–Crippen MR) is 99.4 cm³/mol. The molecule has 2 heterocycles. The Labute approximate surface area is 167 Å². The van der Waals surface area contributed by atoms with E-state index >= 15 is 0 Å². The molecule has 2 aliphatic rings. The minimum atomic E-state index is -0.698. The largest absolute Gasteiger partial charge is 0.466 e. The molecule has 162 valence electrons. The van der Waals surface area contributed by atoms with Crippen molar-refractivity contribution in [2.45, 2.75) is 90.0 Å². The molecule has 2 rings (SSSR count). The molecule has 0 aliphatic carbocycles. The molecular weight excluding hydrogens is 368 g/mol. The fourth-order valence-electron chi connectivity index (χ4n) is 3.22. The molecule has 2 aliphatic heterocycles. The third-order valence-corrected chi connectivity index (χ3v) is 4.78. The van der Waals surface area contributed by atoms with E-state index < -0.39 is 11.6 Å². The van der Waals surface area contributed by atoms with Gasteiger partial charge in [-0.15, -0.1) is 0 Å². The molecule has 2 fully saturated rings. The zero-order valence-corrected chi connectivity index (χ0v) is 17.5. The van der Waals surface area contributed by atoms with Gasteiger partial charge in [0, 0.05) is 12.8 Å². The molecule has 0 N–H and O–H groups in total. The van der Waals surface area contributed by atoms with Crippen LogP contribution in [0.2, 0.25) is 0 Å². The van der Waals surface area contributed by atoms with Crippen molar-refractivity contribution in [3.63, 3.8) is 0 Å². The van der Waals surface area contributed by atoms with Gasteiger partial charge in [-0.1, -0.05) is 0 Å². The summed E-state index contributed by atoms with van der Waals surface area (Å²) in [4.78, 5) is 23.6. The summed E-state index contributed by atoms with van der Waals surface area (Å²) in [6.07, 6.45) is 2.82. The third-order valence-electron chi connectivity index (χ3n) is 4.78. The SMILES string of the molecule is CC1COC(C)(CCC(=O)OCCCCOC(=O)CC[C@]2(C)OCC(C)O2)O1. The van der Waals surface area contributed by atoms with Crippen molar-refractivity contribution in [1.82, 2.24) is 0 Å². The normalized spacial score (nSPS) is 32.4. The van der Waals surface area contributed by atoms with Gasteiger partial charge in [0.05, 0.1) is 51.5 Å². The zero-order chi connectivity index (χ0) is 20.6. The van der Waals surface area contributed by atoms with Crippen molar-refractivity contribution in [2.75, 3.05) is 26.4 Å². The second-order valence-electron chi connectivity index (χ2n) is 7.89. The van der Waals surface area contributed by atoms with Crippen molar-refractivity contribution >= 4 is 11.9 Å². The van der Waals surface area contributed by atoms with Gasteiger partial charge < -0.3 is 28.4 Å². The molecule has 4 atom stereocenters. The topological polar surface area (TPSA) is 89.5 Å². The summed E-state index contributed by atoms with van der Waals surface area (Å²) in [5.41, 5.74) is 0. The Morgan fingerprint density at radius 2 is 1.21 bits per heavy atom. The number of unbranched alkanes of at least 4 members (excludes halogenated alkanes) is 1. The van der Waals surface area contributed by atoms with Gasteiger partial charge in [-0.3, -0.25) is 9.59 Å². The first-order valence-corrected chi connectivity index (χ1v) is 10.1. The molecular formula is C20H34O8. The molecule has 0 aromatic rings. The molecule has 28 heavy (non-hydrogen) atoms. The summed E-state index contributed by atoms with van der Waals surface area (Å²) < 4.78 is 32.8. The minimum Gasteiger partial charge on any atom is -0.466 e. The van der Waals surface area contributed by atoms with Crippen LogP contribution >= 0.6 is 0 Å². The summed E-state index contributed by atoms with van der Waals surface area (Å²) in [7, 11) is 0. The molecule has 0 bridgehead atoms. The van der Waals surface area contributed by atoms with Gasteiger partial charge in [0.25, 0.3) is 0 Å². The van der Waals surface area contributed by atoms with Crippen molar-refractivity contribution in [3.8, 4) is 0 Å². The number of ether oxygens (including phenoxy) is 6. The monoisotopic (exact) mass is 402 g/mol. The van der Waals surface area contributed by atoms with Crippen LogP contribution in [-0.2, 0) is 38.0 Å². The first-order chi connectivity index (χ1) is 13.2. The van der Waals surface area contributed by atoms with Crippen LogP contribution in [0.5, 0.6) is 0 Å². The summed E-state index contributed by atoms with van der Waals surface area (Å²) >= 11 is 0. The summed E-state index contributed by atoms with van der Waals surface area (Å²) in [5.74, 6) is -1.94. The van der Waals surface area contributed by atoms with Crippen LogP contribution in [0.1, 0.15) is 66.2 Å². The second kappa shape index (κ2) is 10.5. The van der Waals surface area contributed by atoms with Crippen LogP contribution in [-0.4, -0.2) is 62.1 Å². The van der Waals surface area contributed by atoms with Gasteiger partial charge in [-0.2, -0.15) is 0 Å². The Balaban J connectivity index is 1.44. The zero-order valence-electron chi connectivity index (χ0n) is 17.5. The highest BCUT2D eigenvalue weighted by atomic mass is 16.7. The van der Waals surface area contributed by atoms with Gasteiger partial charge in [0.2, 0.25) is 0 Å². The molecule has 0 aromatic heterocycles. The average Bonchev–Trinajstić information content (AvgIpc) is 3.16. The van der Waals surface area contributed by atoms with E-state index in [9.17, 15) is 9.59 Å². The number of carbonyl (C=O) groups is 2. The Hall–Kier alpha value is -1.22. The number of carbonyl (C=O) groups excluding carboxylic acids is 2. The van der Waals surface area contributed by atoms with Gasteiger partial charge in [0.1, 0.15) is 0 Å². The number of hydrogen-bond acceptors (Lipinski definition) is 8. The van der Waals surface area contributed by atoms with E-state index in [0.29, 0.717) is 52.1 Å². The van der Waals surface area contributed by atoms with Gasteiger partial charge >= 0.3 is 11.9 Å². The lowest BCUT2D eigenvalue weighted by Gasteiger charge is -2.22. The molecule has 2 saturated heterocycles. The van der Waals surface area contributed by atoms with Gasteiger partial charge in [0.15, 0.2) is 11.6 Å². The van der Waals surface area contributed by atoms with E-state index in [1.165, 1.54) is 0 Å². The molecule has 0 amide bonds. The maximum Gasteiger partial charge on any atom is 0.305 e. The second-order valence-corrected chi connectivity index (χ2v) is 7.89. The smallest absolute Gasteiger partial charge is 0.305 e. The molecule has 8 heteroatoms. The van der Waals surface area contributed by atoms with Gasteiger partial charge in [-0.05, 0) is 40.5 Å². The fraction of sp³-hybridized carbons (Fsp3) is 0.900. The molecule has 0 spiro atoms. The fourth-order valence-corrected chi connectivity index (χ4v) is 3.22. The Kier molecular flexibility index (Phi) is 8.67. The van der Waals surface area contributed by atoms with Crippen molar-refractivity contribution in [3.05, 3.63) is 0 Å². The first kappa shape index (κ1) is 23.1. The lowest BCUT2D eigenvalue weighted by atomic mass is 10.1. The lowest BCUT2D eigenvalue weighted by Crippen LogP contribution is -2.27. The standard InChI is InChI=1S/C20H34O8/c1-15-13-25-19(3,27-15)9-7-17(21)23-11-5-6-12-24-18(22)8-10-20(4)26-14-16(2)28-20/h15-16H,5-14H2,1-4H3/t15?,16?,19-,20?/m1/s1. The quantitative estimate of drug-likeness (QED) is 0.385. The molecule has 0 saturated carbocycles. The first-order valence-electron chi connectivity index (χ1n) is 10.1. The van der Waals surface area contributed by atoms with Crippen LogP contribution in [0, 0.1) is 0 Å². The Bertz CT molecular complexity index is 478. The molecule has 8 nitrogen and oxygen atoms in total. The molecule has 3 unspecified atom stereocenters. The van der Waals surface area contributed by atoms with Crippen LogP contribution in [0.4, 0.5) is 0 Å². The average molecular weight is 402 g/mol. The number of esters is 2. The molecule has 0 radical (unpaired) electrons. The highest BCUT2D eigenvalue weighted by Crippen LogP contribution is 2.28. The summed E-state index contributed by atoms with van der Waals surface area (Å²) in [5, 5.41) is 0. The maximum absolute atomic E-state index is 11.8. The van der Waals surface area contributed by atoms with Crippen LogP contribution in [0.3, 0.4) is 0 Å². The summed E-state index contributed by atoms with van der Waals surface area (Å²) in [6.45, 7) is 9.26. The third kappa shape index (κ3) is 8.03. The van der Waals surface area contributed by atoms with Crippen LogP contribution in [0.25, 0.3) is 0 Å². The van der Waals surface area contributed by atoms with E-state index in [0.717, 1.165) is 0 Å². The van der Waals surface area contributed by atoms with Crippen molar-refractivity contribution < 1.29 is 38.0 Å². The van der Waals surface area contributed by atoms with E-state index in [2.05, 4.69) is 0 Å². The summed E-state index contributed by atoms with van der Waals surface area (Å²) in [6, 6.07) is 0. The van der Waals surface area contributed by atoms with Gasteiger partial charge in [-0.25, -0.2) is 0 Å². The maximum atomic E-state index is 11.8. The van der Waals surface area contributed by atoms with E-state index in [4.69, 9.17) is 28.4 Å². The Morgan fingerprint density at radius 3 is 1.54 bits per heavy atom. The highest BCUT2D eigenvalue weighted by Gasteiger charge is 2.36. The minimum absolute atomic E-state index is 0.0494. The van der Waals surface area contributed by atoms with Crippen LogP contribution < -0.4 is 0 Å². The van der Waals surface area contributed by atoms with E-state index in [1.807, 2.05) is 27.7 Å². The number of hydrogen-bond donors (Lipinski definition) is 0. The lowest BCUT2D eigenvalue weighted by molar-refractivity contribution is -0.167. The van der Waals surface area contributed by atoms with E-state index in [-0.39, 0.29) is 37.0 Å².